The second-order valence-corrected chi connectivity index (χ2v) is 7.65. The largest absolute Gasteiger partial charge is 0.381 e. The van der Waals surface area contributed by atoms with Crippen LogP contribution in [0.3, 0.4) is 0 Å². The zero-order valence-corrected chi connectivity index (χ0v) is 16.8. The molecule has 0 radical (unpaired) electrons. The number of hydrogen-bond acceptors (Lipinski definition) is 3. The molecular weight excluding hydrogens is 328 g/mol. The molecule has 0 bridgehead atoms. The van der Waals surface area contributed by atoms with Crippen LogP contribution in [0.15, 0.2) is 4.99 Å². The first-order valence-electron chi connectivity index (χ1n) is 10.6. The fourth-order valence-corrected chi connectivity index (χ4v) is 3.80. The Bertz CT molecular complexity index is 430. The van der Waals surface area contributed by atoms with Gasteiger partial charge in [-0.2, -0.15) is 0 Å². The molecule has 2 N–H and O–H groups in total. The van der Waals surface area contributed by atoms with E-state index in [4.69, 9.17) is 4.74 Å². The number of nitrogens with zero attached hydrogens (tertiary/aromatic N) is 2. The van der Waals surface area contributed by atoms with Crippen LogP contribution in [0.1, 0.15) is 64.7 Å². The Balaban J connectivity index is 1.70. The first-order chi connectivity index (χ1) is 12.7. The van der Waals surface area contributed by atoms with E-state index in [0.29, 0.717) is 19.0 Å². The van der Waals surface area contributed by atoms with Gasteiger partial charge in [-0.05, 0) is 44.9 Å². The summed E-state index contributed by atoms with van der Waals surface area (Å²) in [6.45, 7) is 6.26. The lowest BCUT2D eigenvalue weighted by Gasteiger charge is -2.27. The minimum absolute atomic E-state index is 0.140. The van der Waals surface area contributed by atoms with Crippen LogP contribution in [0.25, 0.3) is 0 Å². The van der Waals surface area contributed by atoms with Crippen molar-refractivity contribution < 1.29 is 9.53 Å². The number of aliphatic imine (C=N–C) groups is 1. The van der Waals surface area contributed by atoms with Crippen LogP contribution in [-0.2, 0) is 9.53 Å². The minimum Gasteiger partial charge on any atom is -0.381 e. The molecule has 0 aromatic carbocycles. The predicted molar refractivity (Wildman–Crippen MR) is 106 cm³/mol. The van der Waals surface area contributed by atoms with Crippen molar-refractivity contribution in [3.63, 3.8) is 0 Å². The summed E-state index contributed by atoms with van der Waals surface area (Å²) in [5.74, 6) is 1.81. The number of hydrogen-bond donors (Lipinski definition) is 2. The molecular formula is C20H38N4O2. The summed E-state index contributed by atoms with van der Waals surface area (Å²) < 4.78 is 5.43. The van der Waals surface area contributed by atoms with E-state index >= 15 is 0 Å². The molecule has 2 aliphatic rings. The highest BCUT2D eigenvalue weighted by Gasteiger charge is 2.17. The van der Waals surface area contributed by atoms with Crippen molar-refractivity contribution in [3.05, 3.63) is 0 Å². The summed E-state index contributed by atoms with van der Waals surface area (Å²) in [5.41, 5.74) is 0. The highest BCUT2D eigenvalue weighted by Crippen LogP contribution is 2.19. The smallest absolute Gasteiger partial charge is 0.222 e. The molecule has 150 valence electrons. The molecule has 1 heterocycles. The second-order valence-electron chi connectivity index (χ2n) is 7.65. The van der Waals surface area contributed by atoms with E-state index in [2.05, 4.69) is 34.5 Å². The van der Waals surface area contributed by atoms with Crippen LogP contribution in [0.2, 0.25) is 0 Å². The third-order valence-corrected chi connectivity index (χ3v) is 5.48. The number of carbonyl (C=O) groups excluding carboxylic acids is 1. The van der Waals surface area contributed by atoms with Gasteiger partial charge in [-0.3, -0.25) is 9.79 Å². The maximum absolute atomic E-state index is 12.1. The average Bonchev–Trinajstić information content (AvgIpc) is 2.67. The second kappa shape index (κ2) is 12.2. The van der Waals surface area contributed by atoms with Crippen LogP contribution in [0.5, 0.6) is 0 Å². The van der Waals surface area contributed by atoms with E-state index in [1.807, 2.05) is 0 Å². The number of ether oxygens (including phenoxy) is 1. The monoisotopic (exact) mass is 366 g/mol. The Morgan fingerprint density at radius 2 is 1.88 bits per heavy atom. The van der Waals surface area contributed by atoms with E-state index in [1.165, 1.54) is 38.5 Å². The van der Waals surface area contributed by atoms with E-state index < -0.39 is 0 Å². The fourth-order valence-electron chi connectivity index (χ4n) is 3.80. The summed E-state index contributed by atoms with van der Waals surface area (Å²) >= 11 is 0. The normalized spacial score (nSPS) is 20.0. The van der Waals surface area contributed by atoms with Crippen molar-refractivity contribution in [1.29, 1.82) is 0 Å². The van der Waals surface area contributed by atoms with E-state index in [1.54, 1.807) is 0 Å². The molecule has 0 atom stereocenters. The molecule has 0 aromatic rings. The lowest BCUT2D eigenvalue weighted by molar-refractivity contribution is -0.121. The summed E-state index contributed by atoms with van der Waals surface area (Å²) in [6.07, 6.45) is 10.0. The van der Waals surface area contributed by atoms with Gasteiger partial charge < -0.3 is 20.3 Å². The standard InChI is InChI=1S/C20H38N4O2/c1-3-21-20(24(2)14-10-17-11-15-26-16-12-17)22-13-9-19(25)23-18-7-5-4-6-8-18/h17-18H,3-16H2,1-2H3,(H,21,22)(H,23,25). The molecule has 1 aliphatic heterocycles. The quantitative estimate of drug-likeness (QED) is 0.512. The topological polar surface area (TPSA) is 66.0 Å². The molecule has 6 nitrogen and oxygen atoms in total. The van der Waals surface area contributed by atoms with Gasteiger partial charge in [0, 0.05) is 45.8 Å². The highest BCUT2D eigenvalue weighted by molar-refractivity contribution is 5.80. The molecule has 1 aliphatic carbocycles. The van der Waals surface area contributed by atoms with Crippen molar-refractivity contribution in [1.82, 2.24) is 15.5 Å². The Hall–Kier alpha value is -1.30. The van der Waals surface area contributed by atoms with Crippen molar-refractivity contribution in [2.75, 3.05) is 39.9 Å². The lowest BCUT2D eigenvalue weighted by atomic mass is 9.95. The van der Waals surface area contributed by atoms with Crippen LogP contribution in [0, 0.1) is 5.92 Å². The fraction of sp³-hybridized carbons (Fsp3) is 0.900. The summed E-state index contributed by atoms with van der Waals surface area (Å²) in [4.78, 5) is 19.0. The third-order valence-electron chi connectivity index (χ3n) is 5.48. The molecule has 0 spiro atoms. The van der Waals surface area contributed by atoms with Gasteiger partial charge >= 0.3 is 0 Å². The number of amides is 1. The van der Waals surface area contributed by atoms with Crippen molar-refractivity contribution in [3.8, 4) is 0 Å². The molecule has 26 heavy (non-hydrogen) atoms. The van der Waals surface area contributed by atoms with E-state index in [-0.39, 0.29) is 5.91 Å². The SMILES string of the molecule is CCNC(=NCCC(=O)NC1CCCCC1)N(C)CCC1CCOCC1. The number of carbonyl (C=O) groups is 1. The summed E-state index contributed by atoms with van der Waals surface area (Å²) in [7, 11) is 2.09. The van der Waals surface area contributed by atoms with Crippen molar-refractivity contribution >= 4 is 11.9 Å². The van der Waals surface area contributed by atoms with Crippen LogP contribution < -0.4 is 10.6 Å². The number of guanidine groups is 1. The third kappa shape index (κ3) is 7.94. The number of nitrogens with one attached hydrogen (secondary N) is 2. The Labute approximate surface area is 159 Å². The van der Waals surface area contributed by atoms with Crippen molar-refractivity contribution in [2.24, 2.45) is 10.9 Å². The van der Waals surface area contributed by atoms with Gasteiger partial charge in [-0.1, -0.05) is 19.3 Å². The van der Waals surface area contributed by atoms with E-state index in [0.717, 1.165) is 51.0 Å². The molecule has 0 aromatic heterocycles. The van der Waals surface area contributed by atoms with Gasteiger partial charge in [-0.25, -0.2) is 0 Å². The van der Waals surface area contributed by atoms with Gasteiger partial charge in [0.05, 0.1) is 6.54 Å². The maximum atomic E-state index is 12.1. The maximum Gasteiger partial charge on any atom is 0.222 e. The lowest BCUT2D eigenvalue weighted by Crippen LogP contribution is -2.40. The summed E-state index contributed by atoms with van der Waals surface area (Å²) in [5, 5.41) is 6.51. The molecule has 2 fully saturated rings. The molecule has 1 saturated carbocycles. The first-order valence-corrected chi connectivity index (χ1v) is 10.6. The molecule has 0 unspecified atom stereocenters. The van der Waals surface area contributed by atoms with Crippen molar-refractivity contribution in [2.45, 2.75) is 70.8 Å². The molecule has 6 heteroatoms. The van der Waals surface area contributed by atoms with Gasteiger partial charge in [0.15, 0.2) is 5.96 Å². The van der Waals surface area contributed by atoms with E-state index in [9.17, 15) is 4.79 Å². The zero-order chi connectivity index (χ0) is 18.6. The van der Waals surface area contributed by atoms with Crippen LogP contribution in [-0.4, -0.2) is 62.7 Å². The van der Waals surface area contributed by atoms with Gasteiger partial charge in [0.25, 0.3) is 0 Å². The molecule has 1 saturated heterocycles. The molecule has 1 amide bonds. The van der Waals surface area contributed by atoms with Gasteiger partial charge in [0.1, 0.15) is 0 Å². The molecule has 2 rings (SSSR count). The zero-order valence-electron chi connectivity index (χ0n) is 16.8. The minimum atomic E-state index is 0.140. The van der Waals surface area contributed by atoms with Gasteiger partial charge in [-0.15, -0.1) is 0 Å². The van der Waals surface area contributed by atoms with Crippen LogP contribution >= 0.6 is 0 Å². The predicted octanol–water partition coefficient (Wildman–Crippen LogP) is 2.54. The Morgan fingerprint density at radius 3 is 2.58 bits per heavy atom. The average molecular weight is 367 g/mol. The Morgan fingerprint density at radius 1 is 1.15 bits per heavy atom. The van der Waals surface area contributed by atoms with Gasteiger partial charge in [0.2, 0.25) is 5.91 Å². The number of rotatable bonds is 8. The Kier molecular flexibility index (Phi) is 9.82. The first kappa shape index (κ1) is 21.0. The summed E-state index contributed by atoms with van der Waals surface area (Å²) in [6, 6.07) is 0.385. The van der Waals surface area contributed by atoms with Crippen LogP contribution in [0.4, 0.5) is 0 Å². The highest BCUT2D eigenvalue weighted by atomic mass is 16.5.